The molecule has 0 saturated carbocycles. The predicted octanol–water partition coefficient (Wildman–Crippen LogP) is 1.17. The van der Waals surface area contributed by atoms with Crippen LogP contribution in [0.2, 0.25) is 0 Å². The smallest absolute Gasteiger partial charge is 0.221 e. The molecule has 2 rings (SSSR count). The molecule has 1 saturated heterocycles. The standard InChI is InChI=1S/C13H18FN3O/c1-9(15)13-10(14)3-2-4-11(13)17-7-5-12(18)16-6-8-17/h2-4,9H,5-8,15H2,1H3,(H,16,18)/t9-/m1/s1. The van der Waals surface area contributed by atoms with Crippen molar-refractivity contribution in [2.45, 2.75) is 19.4 Å². The van der Waals surface area contributed by atoms with E-state index < -0.39 is 0 Å². The molecule has 1 atom stereocenters. The lowest BCUT2D eigenvalue weighted by Gasteiger charge is -2.26. The van der Waals surface area contributed by atoms with Gasteiger partial charge in [-0.2, -0.15) is 0 Å². The van der Waals surface area contributed by atoms with Crippen molar-refractivity contribution in [2.24, 2.45) is 5.73 Å². The van der Waals surface area contributed by atoms with Crippen LogP contribution in [-0.4, -0.2) is 25.5 Å². The largest absolute Gasteiger partial charge is 0.369 e. The van der Waals surface area contributed by atoms with E-state index in [9.17, 15) is 9.18 Å². The van der Waals surface area contributed by atoms with Gasteiger partial charge in [0.15, 0.2) is 0 Å². The molecule has 1 amide bonds. The highest BCUT2D eigenvalue weighted by Crippen LogP contribution is 2.28. The molecule has 0 bridgehead atoms. The summed E-state index contributed by atoms with van der Waals surface area (Å²) < 4.78 is 13.8. The number of amides is 1. The molecule has 0 spiro atoms. The second-order valence-electron chi connectivity index (χ2n) is 4.55. The molecule has 0 radical (unpaired) electrons. The van der Waals surface area contributed by atoms with Crippen LogP contribution < -0.4 is 16.0 Å². The van der Waals surface area contributed by atoms with E-state index in [1.165, 1.54) is 6.07 Å². The van der Waals surface area contributed by atoms with Crippen molar-refractivity contribution in [2.75, 3.05) is 24.5 Å². The van der Waals surface area contributed by atoms with E-state index in [4.69, 9.17) is 5.73 Å². The Labute approximate surface area is 106 Å². The third-order valence-corrected chi connectivity index (χ3v) is 3.14. The van der Waals surface area contributed by atoms with Gasteiger partial charge in [0.1, 0.15) is 5.82 Å². The van der Waals surface area contributed by atoms with Crippen LogP contribution in [0.3, 0.4) is 0 Å². The summed E-state index contributed by atoms with van der Waals surface area (Å²) in [5.41, 5.74) is 7.15. The number of hydrogen-bond acceptors (Lipinski definition) is 3. The van der Waals surface area contributed by atoms with E-state index in [-0.39, 0.29) is 17.8 Å². The summed E-state index contributed by atoms with van der Waals surface area (Å²) in [4.78, 5) is 13.3. The first-order valence-electron chi connectivity index (χ1n) is 6.15. The van der Waals surface area contributed by atoms with Gasteiger partial charge >= 0.3 is 0 Å². The number of rotatable bonds is 2. The third kappa shape index (κ3) is 2.61. The van der Waals surface area contributed by atoms with Crippen LogP contribution in [0, 0.1) is 5.82 Å². The topological polar surface area (TPSA) is 58.4 Å². The molecule has 4 nitrogen and oxygen atoms in total. The van der Waals surface area contributed by atoms with E-state index in [1.54, 1.807) is 13.0 Å². The number of anilines is 1. The van der Waals surface area contributed by atoms with Crippen molar-refractivity contribution in [1.82, 2.24) is 5.32 Å². The van der Waals surface area contributed by atoms with E-state index in [0.29, 0.717) is 31.6 Å². The predicted molar refractivity (Wildman–Crippen MR) is 68.8 cm³/mol. The average molecular weight is 251 g/mol. The first-order valence-corrected chi connectivity index (χ1v) is 6.15. The summed E-state index contributed by atoms with van der Waals surface area (Å²) in [6, 6.07) is 4.59. The van der Waals surface area contributed by atoms with Crippen LogP contribution in [0.5, 0.6) is 0 Å². The SMILES string of the molecule is C[C@@H](N)c1c(F)cccc1N1CCNC(=O)CC1. The first kappa shape index (κ1) is 12.8. The lowest BCUT2D eigenvalue weighted by Crippen LogP contribution is -2.30. The van der Waals surface area contributed by atoms with E-state index >= 15 is 0 Å². The molecule has 1 fully saturated rings. The van der Waals surface area contributed by atoms with Crippen LogP contribution in [-0.2, 0) is 4.79 Å². The van der Waals surface area contributed by atoms with E-state index in [1.807, 2.05) is 11.0 Å². The number of halogens is 1. The number of carbonyl (C=O) groups excluding carboxylic acids is 1. The molecule has 18 heavy (non-hydrogen) atoms. The summed E-state index contributed by atoms with van der Waals surface area (Å²) in [5.74, 6) is -0.248. The number of hydrogen-bond donors (Lipinski definition) is 2. The molecule has 1 aromatic rings. The fourth-order valence-electron chi connectivity index (χ4n) is 2.26. The zero-order chi connectivity index (χ0) is 13.1. The minimum absolute atomic E-state index is 0.0382. The van der Waals surface area contributed by atoms with E-state index in [0.717, 1.165) is 5.69 Å². The molecule has 0 unspecified atom stereocenters. The quantitative estimate of drug-likeness (QED) is 0.829. The van der Waals surface area contributed by atoms with Crippen LogP contribution in [0.4, 0.5) is 10.1 Å². The Hall–Kier alpha value is -1.62. The Morgan fingerprint density at radius 2 is 2.22 bits per heavy atom. The Morgan fingerprint density at radius 1 is 1.44 bits per heavy atom. The zero-order valence-corrected chi connectivity index (χ0v) is 10.4. The number of nitrogens with zero attached hydrogens (tertiary/aromatic N) is 1. The maximum atomic E-state index is 13.8. The second kappa shape index (κ2) is 5.35. The normalized spacial score (nSPS) is 18.2. The van der Waals surface area contributed by atoms with Crippen LogP contribution >= 0.6 is 0 Å². The fraction of sp³-hybridized carbons (Fsp3) is 0.462. The van der Waals surface area contributed by atoms with Gasteiger partial charge in [0, 0.05) is 43.3 Å². The zero-order valence-electron chi connectivity index (χ0n) is 10.4. The number of carbonyl (C=O) groups is 1. The van der Waals surface area contributed by atoms with Crippen LogP contribution in [0.1, 0.15) is 24.9 Å². The minimum atomic E-state index is -0.367. The Bertz CT molecular complexity index is 448. The van der Waals surface area contributed by atoms with Crippen molar-refractivity contribution >= 4 is 11.6 Å². The van der Waals surface area contributed by atoms with Gasteiger partial charge in [-0.25, -0.2) is 4.39 Å². The molecule has 1 aliphatic rings. The number of benzene rings is 1. The maximum Gasteiger partial charge on any atom is 0.221 e. The lowest BCUT2D eigenvalue weighted by molar-refractivity contribution is -0.120. The van der Waals surface area contributed by atoms with Gasteiger partial charge in [-0.15, -0.1) is 0 Å². The van der Waals surface area contributed by atoms with Gasteiger partial charge in [0.05, 0.1) is 0 Å². The molecule has 98 valence electrons. The summed E-state index contributed by atoms with van der Waals surface area (Å²) in [6.45, 7) is 3.61. The van der Waals surface area contributed by atoms with Gasteiger partial charge in [-0.3, -0.25) is 4.79 Å². The van der Waals surface area contributed by atoms with Gasteiger partial charge < -0.3 is 16.0 Å². The molecule has 1 aliphatic heterocycles. The van der Waals surface area contributed by atoms with Crippen molar-refractivity contribution in [3.63, 3.8) is 0 Å². The number of nitrogens with one attached hydrogen (secondary N) is 1. The molecule has 1 heterocycles. The fourth-order valence-corrected chi connectivity index (χ4v) is 2.26. The lowest BCUT2D eigenvalue weighted by atomic mass is 10.0. The van der Waals surface area contributed by atoms with Crippen molar-refractivity contribution in [3.05, 3.63) is 29.6 Å². The Kier molecular flexibility index (Phi) is 3.81. The maximum absolute atomic E-state index is 13.8. The monoisotopic (exact) mass is 251 g/mol. The molecule has 0 aromatic heterocycles. The van der Waals surface area contributed by atoms with Crippen LogP contribution in [0.25, 0.3) is 0 Å². The molecule has 0 aliphatic carbocycles. The molecule has 5 heteroatoms. The summed E-state index contributed by atoms with van der Waals surface area (Å²) in [5, 5.41) is 2.80. The van der Waals surface area contributed by atoms with Gasteiger partial charge in [-0.05, 0) is 19.1 Å². The van der Waals surface area contributed by atoms with Crippen molar-refractivity contribution in [3.8, 4) is 0 Å². The Balaban J connectivity index is 2.32. The summed E-state index contributed by atoms with van der Waals surface area (Å²) in [7, 11) is 0. The third-order valence-electron chi connectivity index (χ3n) is 3.14. The molecule has 3 N–H and O–H groups in total. The highest BCUT2D eigenvalue weighted by Gasteiger charge is 2.20. The second-order valence-corrected chi connectivity index (χ2v) is 4.55. The van der Waals surface area contributed by atoms with Crippen molar-refractivity contribution < 1.29 is 9.18 Å². The molecule has 1 aromatic carbocycles. The van der Waals surface area contributed by atoms with E-state index in [2.05, 4.69) is 5.32 Å². The molecular weight excluding hydrogens is 233 g/mol. The Morgan fingerprint density at radius 3 is 2.94 bits per heavy atom. The van der Waals surface area contributed by atoms with Gasteiger partial charge in [0.2, 0.25) is 5.91 Å². The highest BCUT2D eigenvalue weighted by atomic mass is 19.1. The average Bonchev–Trinajstić information content (AvgIpc) is 2.53. The number of nitrogens with two attached hydrogens (primary N) is 1. The molecular formula is C13H18FN3O. The highest BCUT2D eigenvalue weighted by molar-refractivity contribution is 5.77. The first-order chi connectivity index (χ1) is 8.59. The van der Waals surface area contributed by atoms with Gasteiger partial charge in [0.25, 0.3) is 0 Å². The summed E-state index contributed by atoms with van der Waals surface area (Å²) >= 11 is 0. The van der Waals surface area contributed by atoms with Crippen molar-refractivity contribution in [1.29, 1.82) is 0 Å². The minimum Gasteiger partial charge on any atom is -0.369 e. The van der Waals surface area contributed by atoms with Gasteiger partial charge in [-0.1, -0.05) is 6.07 Å². The van der Waals surface area contributed by atoms with Crippen LogP contribution in [0.15, 0.2) is 18.2 Å². The summed E-state index contributed by atoms with van der Waals surface area (Å²) in [6.07, 6.45) is 0.426.